The van der Waals surface area contributed by atoms with Gasteiger partial charge in [-0.25, -0.2) is 0 Å². The highest BCUT2D eigenvalue weighted by Crippen LogP contribution is 2.23. The maximum Gasteiger partial charge on any atom is 0.257 e. The Morgan fingerprint density at radius 3 is 2.86 bits per heavy atom. The average molecular weight is 368 g/mol. The summed E-state index contributed by atoms with van der Waals surface area (Å²) in [6.45, 7) is 2.38. The van der Waals surface area contributed by atoms with E-state index in [0.717, 1.165) is 4.47 Å². The minimum absolute atomic E-state index is 0.106. The van der Waals surface area contributed by atoms with E-state index in [1.165, 1.54) is 0 Å². The first kappa shape index (κ1) is 16.5. The second-order valence-corrected chi connectivity index (χ2v) is 5.80. The van der Waals surface area contributed by atoms with Crippen molar-refractivity contribution >= 4 is 27.7 Å². The number of anilines is 1. The number of amides is 1. The number of ether oxygens (including phenoxy) is 2. The smallest absolute Gasteiger partial charge is 0.257 e. The molecule has 118 valence electrons. The highest BCUT2D eigenvalue weighted by atomic mass is 79.9. The van der Waals surface area contributed by atoms with Crippen molar-refractivity contribution in [2.24, 2.45) is 7.05 Å². The van der Waals surface area contributed by atoms with Gasteiger partial charge in [0, 0.05) is 36.5 Å². The number of benzene rings is 1. The number of halogens is 1. The van der Waals surface area contributed by atoms with Crippen LogP contribution in [0.2, 0.25) is 0 Å². The van der Waals surface area contributed by atoms with Crippen molar-refractivity contribution < 1.29 is 14.3 Å². The van der Waals surface area contributed by atoms with Crippen molar-refractivity contribution in [1.29, 1.82) is 0 Å². The molecular weight excluding hydrogens is 350 g/mol. The first-order valence-corrected chi connectivity index (χ1v) is 7.54. The maximum atomic E-state index is 12.3. The van der Waals surface area contributed by atoms with E-state index >= 15 is 0 Å². The first-order valence-electron chi connectivity index (χ1n) is 6.75. The summed E-state index contributed by atoms with van der Waals surface area (Å²) in [6, 6.07) is 6.96. The minimum Gasteiger partial charge on any atom is -0.488 e. The Morgan fingerprint density at radius 1 is 1.45 bits per heavy atom. The molecule has 0 aliphatic heterocycles. The monoisotopic (exact) mass is 367 g/mol. The molecule has 2 rings (SSSR count). The van der Waals surface area contributed by atoms with Crippen LogP contribution in [0.15, 0.2) is 34.9 Å². The van der Waals surface area contributed by atoms with Gasteiger partial charge in [-0.05, 0) is 25.1 Å². The zero-order chi connectivity index (χ0) is 16.1. The van der Waals surface area contributed by atoms with Gasteiger partial charge in [0.05, 0.1) is 6.61 Å². The largest absolute Gasteiger partial charge is 0.488 e. The van der Waals surface area contributed by atoms with Gasteiger partial charge in [-0.1, -0.05) is 15.9 Å². The molecule has 0 aliphatic carbocycles. The highest BCUT2D eigenvalue weighted by molar-refractivity contribution is 9.10. The lowest BCUT2D eigenvalue weighted by Crippen LogP contribution is -2.18. The molecular formula is C15H18BrN3O3. The van der Waals surface area contributed by atoms with Gasteiger partial charge in [0.15, 0.2) is 5.82 Å². The van der Waals surface area contributed by atoms with E-state index in [9.17, 15) is 4.79 Å². The predicted octanol–water partition coefficient (Wildman–Crippen LogP) is 2.85. The molecule has 0 spiro atoms. The van der Waals surface area contributed by atoms with Crippen LogP contribution >= 0.6 is 15.9 Å². The number of methoxy groups -OCH3 is 1. The number of hydrogen-bond donors (Lipinski definition) is 1. The summed E-state index contributed by atoms with van der Waals surface area (Å²) in [5.74, 6) is 0.858. The number of aromatic nitrogens is 2. The van der Waals surface area contributed by atoms with Crippen molar-refractivity contribution in [1.82, 2.24) is 9.78 Å². The lowest BCUT2D eigenvalue weighted by molar-refractivity contribution is 0.0917. The molecule has 0 radical (unpaired) electrons. The quantitative estimate of drug-likeness (QED) is 0.852. The molecule has 0 unspecified atom stereocenters. The van der Waals surface area contributed by atoms with Crippen molar-refractivity contribution in [3.05, 3.63) is 40.5 Å². The van der Waals surface area contributed by atoms with Crippen molar-refractivity contribution in [2.45, 2.75) is 13.0 Å². The van der Waals surface area contributed by atoms with Crippen LogP contribution in [0.25, 0.3) is 0 Å². The molecule has 1 aromatic heterocycles. The molecule has 1 amide bonds. The fraction of sp³-hybridized carbons (Fsp3) is 0.333. The molecule has 7 heteroatoms. The Balaban J connectivity index is 2.12. The minimum atomic E-state index is -0.246. The van der Waals surface area contributed by atoms with Crippen LogP contribution in [0.1, 0.15) is 17.3 Å². The van der Waals surface area contributed by atoms with Crippen LogP contribution in [-0.2, 0) is 11.8 Å². The van der Waals surface area contributed by atoms with E-state index in [-0.39, 0.29) is 12.0 Å². The molecule has 1 atom stereocenters. The van der Waals surface area contributed by atoms with Gasteiger partial charge in [-0.3, -0.25) is 9.48 Å². The SMILES string of the molecule is COC[C@H](C)Oc1cc(Br)cc(C(=O)Nc2ccn(C)n2)c1. The van der Waals surface area contributed by atoms with Crippen LogP contribution in [0.4, 0.5) is 5.82 Å². The Bertz CT molecular complexity index is 657. The summed E-state index contributed by atoms with van der Waals surface area (Å²) in [5, 5.41) is 6.86. The summed E-state index contributed by atoms with van der Waals surface area (Å²) >= 11 is 3.39. The summed E-state index contributed by atoms with van der Waals surface area (Å²) < 4.78 is 13.2. The van der Waals surface area contributed by atoms with Crippen LogP contribution in [0, 0.1) is 0 Å². The molecule has 1 aromatic carbocycles. The number of nitrogens with zero attached hydrogens (tertiary/aromatic N) is 2. The molecule has 2 aromatic rings. The van der Waals surface area contributed by atoms with E-state index < -0.39 is 0 Å². The van der Waals surface area contributed by atoms with E-state index in [4.69, 9.17) is 9.47 Å². The zero-order valence-corrected chi connectivity index (χ0v) is 14.3. The van der Waals surface area contributed by atoms with E-state index in [1.54, 1.807) is 43.2 Å². The normalized spacial score (nSPS) is 12.0. The summed E-state index contributed by atoms with van der Waals surface area (Å²) in [4.78, 5) is 12.3. The second-order valence-electron chi connectivity index (χ2n) is 4.89. The van der Waals surface area contributed by atoms with Gasteiger partial charge in [0.25, 0.3) is 5.91 Å². The summed E-state index contributed by atoms with van der Waals surface area (Å²) in [5.41, 5.74) is 0.486. The third-order valence-corrected chi connectivity index (χ3v) is 3.29. The van der Waals surface area contributed by atoms with Gasteiger partial charge in [-0.15, -0.1) is 0 Å². The number of carbonyl (C=O) groups excluding carboxylic acids is 1. The Hall–Kier alpha value is -1.86. The van der Waals surface area contributed by atoms with Crippen LogP contribution in [0.5, 0.6) is 5.75 Å². The summed E-state index contributed by atoms with van der Waals surface area (Å²) in [6.07, 6.45) is 1.66. The molecule has 1 heterocycles. The third kappa shape index (κ3) is 4.57. The van der Waals surface area contributed by atoms with Crippen molar-refractivity contribution in [3.8, 4) is 5.75 Å². The van der Waals surface area contributed by atoms with Gasteiger partial charge in [0.2, 0.25) is 0 Å². The van der Waals surface area contributed by atoms with Crippen molar-refractivity contribution in [2.75, 3.05) is 19.0 Å². The molecule has 0 saturated heterocycles. The van der Waals surface area contributed by atoms with E-state index in [0.29, 0.717) is 23.7 Å². The fourth-order valence-corrected chi connectivity index (χ4v) is 2.41. The molecule has 0 bridgehead atoms. The van der Waals surface area contributed by atoms with E-state index in [1.807, 2.05) is 13.0 Å². The Morgan fingerprint density at radius 2 is 2.23 bits per heavy atom. The molecule has 22 heavy (non-hydrogen) atoms. The lowest BCUT2D eigenvalue weighted by Gasteiger charge is -2.14. The summed E-state index contributed by atoms with van der Waals surface area (Å²) in [7, 11) is 3.41. The number of nitrogens with one attached hydrogen (secondary N) is 1. The predicted molar refractivity (Wildman–Crippen MR) is 87.3 cm³/mol. The van der Waals surface area contributed by atoms with Crippen molar-refractivity contribution in [3.63, 3.8) is 0 Å². The van der Waals surface area contributed by atoms with Crippen LogP contribution in [0.3, 0.4) is 0 Å². The lowest BCUT2D eigenvalue weighted by atomic mass is 10.2. The first-order chi connectivity index (χ1) is 10.5. The molecule has 0 fully saturated rings. The van der Waals surface area contributed by atoms with Gasteiger partial charge in [-0.2, -0.15) is 5.10 Å². The zero-order valence-electron chi connectivity index (χ0n) is 12.7. The standard InChI is InChI=1S/C15H18BrN3O3/c1-10(9-21-3)22-13-7-11(6-12(16)8-13)15(20)17-14-4-5-19(2)18-14/h4-8,10H,9H2,1-3H3,(H,17,18,20)/t10-/m0/s1. The molecule has 6 nitrogen and oxygen atoms in total. The molecule has 0 aliphatic rings. The fourth-order valence-electron chi connectivity index (χ4n) is 1.93. The Labute approximate surface area is 137 Å². The second kappa shape index (κ2) is 7.42. The Kier molecular flexibility index (Phi) is 5.57. The van der Waals surface area contributed by atoms with Gasteiger partial charge in [0.1, 0.15) is 11.9 Å². The van der Waals surface area contributed by atoms with E-state index in [2.05, 4.69) is 26.3 Å². The third-order valence-electron chi connectivity index (χ3n) is 2.83. The molecule has 1 N–H and O–H groups in total. The van der Waals surface area contributed by atoms with Crippen LogP contribution in [-0.4, -0.2) is 35.5 Å². The topological polar surface area (TPSA) is 65.4 Å². The maximum absolute atomic E-state index is 12.3. The van der Waals surface area contributed by atoms with Gasteiger partial charge < -0.3 is 14.8 Å². The number of rotatable bonds is 6. The average Bonchev–Trinajstić information content (AvgIpc) is 2.83. The van der Waals surface area contributed by atoms with Crippen LogP contribution < -0.4 is 10.1 Å². The van der Waals surface area contributed by atoms with Gasteiger partial charge >= 0.3 is 0 Å². The highest BCUT2D eigenvalue weighted by Gasteiger charge is 2.12. The number of carbonyl (C=O) groups is 1. The number of hydrogen-bond acceptors (Lipinski definition) is 4. The number of aryl methyl sites for hydroxylation is 1. The molecule has 0 saturated carbocycles.